The van der Waals surface area contributed by atoms with Crippen LogP contribution >= 0.6 is 11.8 Å². The monoisotopic (exact) mass is 216 g/mol. The second kappa shape index (κ2) is 5.05. The maximum atomic E-state index is 11.0. The Morgan fingerprint density at radius 1 is 1.57 bits per heavy atom. The Labute approximate surface area is 86.6 Å². The first-order valence-corrected chi connectivity index (χ1v) is 5.32. The van der Waals surface area contributed by atoms with E-state index in [4.69, 9.17) is 4.74 Å². The van der Waals surface area contributed by atoms with Crippen molar-refractivity contribution >= 4 is 23.0 Å². The molecule has 0 amide bonds. The summed E-state index contributed by atoms with van der Waals surface area (Å²) in [4.78, 5) is 22.0. The van der Waals surface area contributed by atoms with E-state index in [-0.39, 0.29) is 17.0 Å². The van der Waals surface area contributed by atoms with Crippen LogP contribution in [0.5, 0.6) is 0 Å². The van der Waals surface area contributed by atoms with Gasteiger partial charge in [-0.05, 0) is 13.3 Å². The molecule has 14 heavy (non-hydrogen) atoms. The quantitative estimate of drug-likeness (QED) is 0.676. The first-order valence-electron chi connectivity index (χ1n) is 4.44. The first-order chi connectivity index (χ1) is 6.67. The van der Waals surface area contributed by atoms with Crippen LogP contribution in [0.15, 0.2) is 11.8 Å². The van der Waals surface area contributed by atoms with Crippen molar-refractivity contribution in [1.29, 1.82) is 0 Å². The lowest BCUT2D eigenvalue weighted by atomic mass is 10.3. The molecule has 0 aromatic heterocycles. The molecule has 0 aromatic carbocycles. The van der Waals surface area contributed by atoms with Crippen LogP contribution in [-0.4, -0.2) is 23.1 Å². The van der Waals surface area contributed by atoms with E-state index in [2.05, 4.69) is 4.74 Å². The van der Waals surface area contributed by atoms with E-state index in [0.29, 0.717) is 5.76 Å². The van der Waals surface area contributed by atoms with Crippen LogP contribution in [0, 0.1) is 0 Å². The smallest absolute Gasteiger partial charge is 0.434 e. The molecule has 0 saturated carbocycles. The molecule has 1 atom stereocenters. The van der Waals surface area contributed by atoms with Crippen LogP contribution in [0.1, 0.15) is 20.3 Å². The Hall–Kier alpha value is -0.970. The van der Waals surface area contributed by atoms with E-state index >= 15 is 0 Å². The number of hydrogen-bond donors (Lipinski definition) is 0. The van der Waals surface area contributed by atoms with Gasteiger partial charge in [0, 0.05) is 6.08 Å². The molecule has 1 heterocycles. The van der Waals surface area contributed by atoms with Gasteiger partial charge in [-0.25, -0.2) is 4.79 Å². The third-order valence-electron chi connectivity index (χ3n) is 1.67. The molecule has 5 heteroatoms. The number of hydrogen-bond acceptors (Lipinski definition) is 5. The predicted octanol–water partition coefficient (Wildman–Crippen LogP) is 2.10. The van der Waals surface area contributed by atoms with E-state index in [0.717, 1.165) is 6.42 Å². The van der Waals surface area contributed by atoms with Crippen molar-refractivity contribution in [2.75, 3.05) is 6.61 Å². The van der Waals surface area contributed by atoms with Gasteiger partial charge < -0.3 is 9.47 Å². The second-order valence-electron chi connectivity index (χ2n) is 2.67. The first kappa shape index (κ1) is 11.1. The Kier molecular flexibility index (Phi) is 4.00. The fourth-order valence-electron chi connectivity index (χ4n) is 1.06. The Balaban J connectivity index is 2.54. The maximum Gasteiger partial charge on any atom is 0.513 e. The summed E-state index contributed by atoms with van der Waals surface area (Å²) < 4.78 is 9.49. The molecule has 78 valence electrons. The lowest BCUT2D eigenvalue weighted by molar-refractivity contribution is -0.106. The van der Waals surface area contributed by atoms with Crippen molar-refractivity contribution in [2.45, 2.75) is 25.5 Å². The van der Waals surface area contributed by atoms with E-state index in [1.165, 1.54) is 17.8 Å². The van der Waals surface area contributed by atoms with Gasteiger partial charge in [-0.3, -0.25) is 4.79 Å². The molecule has 4 nitrogen and oxygen atoms in total. The molecule has 0 aromatic rings. The van der Waals surface area contributed by atoms with Crippen LogP contribution < -0.4 is 0 Å². The second-order valence-corrected chi connectivity index (χ2v) is 3.87. The van der Waals surface area contributed by atoms with E-state index in [9.17, 15) is 9.59 Å². The molecule has 0 spiro atoms. The normalized spacial score (nSPS) is 20.6. The zero-order valence-electron chi connectivity index (χ0n) is 8.11. The summed E-state index contributed by atoms with van der Waals surface area (Å²) >= 11 is 1.17. The van der Waals surface area contributed by atoms with Gasteiger partial charge in [0.05, 0.1) is 11.9 Å². The van der Waals surface area contributed by atoms with E-state index < -0.39 is 6.16 Å². The molecule has 0 saturated heterocycles. The fraction of sp³-hybridized carbons (Fsp3) is 0.556. The SMILES string of the molecule is CCOC(=O)OC1=CC(=O)SC1CC. The van der Waals surface area contributed by atoms with Gasteiger partial charge in [0.1, 0.15) is 5.76 Å². The minimum atomic E-state index is -0.743. The number of rotatable bonds is 3. The van der Waals surface area contributed by atoms with E-state index in [1.54, 1.807) is 6.92 Å². The third kappa shape index (κ3) is 2.77. The summed E-state index contributed by atoms with van der Waals surface area (Å²) in [6, 6.07) is 0. The molecule has 1 aliphatic heterocycles. The topological polar surface area (TPSA) is 52.6 Å². The summed E-state index contributed by atoms with van der Waals surface area (Å²) in [5, 5.41) is -0.122. The molecule has 0 radical (unpaired) electrons. The number of ether oxygens (including phenoxy) is 2. The highest BCUT2D eigenvalue weighted by molar-refractivity contribution is 8.15. The fourth-order valence-corrected chi connectivity index (χ4v) is 1.93. The number of carbonyl (C=O) groups is 2. The molecule has 0 aliphatic carbocycles. The van der Waals surface area contributed by atoms with Gasteiger partial charge in [-0.1, -0.05) is 18.7 Å². The zero-order valence-corrected chi connectivity index (χ0v) is 8.93. The Morgan fingerprint density at radius 3 is 2.86 bits per heavy atom. The average Bonchev–Trinajstić information content (AvgIpc) is 2.46. The van der Waals surface area contributed by atoms with Crippen molar-refractivity contribution in [1.82, 2.24) is 0 Å². The molecule has 0 fully saturated rings. The highest BCUT2D eigenvalue weighted by Crippen LogP contribution is 2.31. The van der Waals surface area contributed by atoms with Crippen LogP contribution in [0.4, 0.5) is 4.79 Å². The lowest BCUT2D eigenvalue weighted by Crippen LogP contribution is -2.12. The Morgan fingerprint density at radius 2 is 2.29 bits per heavy atom. The van der Waals surface area contributed by atoms with Gasteiger partial charge >= 0.3 is 6.16 Å². The number of carbonyl (C=O) groups excluding carboxylic acids is 2. The molecule has 0 N–H and O–H groups in total. The highest BCUT2D eigenvalue weighted by atomic mass is 32.2. The maximum absolute atomic E-state index is 11.0. The van der Waals surface area contributed by atoms with Crippen molar-refractivity contribution in [3.05, 3.63) is 11.8 Å². The third-order valence-corrected chi connectivity index (χ3v) is 2.87. The standard InChI is InChI=1S/C9H12O4S/c1-3-7-6(5-8(10)14-7)13-9(11)12-4-2/h5,7H,3-4H2,1-2H3. The van der Waals surface area contributed by atoms with Crippen molar-refractivity contribution in [3.63, 3.8) is 0 Å². The Bertz CT molecular complexity index is 272. The molecular weight excluding hydrogens is 204 g/mol. The van der Waals surface area contributed by atoms with Gasteiger partial charge in [-0.2, -0.15) is 0 Å². The van der Waals surface area contributed by atoms with Gasteiger partial charge in [-0.15, -0.1) is 0 Å². The van der Waals surface area contributed by atoms with Crippen molar-refractivity contribution in [2.24, 2.45) is 0 Å². The molecule has 1 rings (SSSR count). The molecule has 1 unspecified atom stereocenters. The lowest BCUT2D eigenvalue weighted by Gasteiger charge is -2.10. The van der Waals surface area contributed by atoms with Crippen LogP contribution in [0.3, 0.4) is 0 Å². The van der Waals surface area contributed by atoms with Crippen molar-refractivity contribution in [3.8, 4) is 0 Å². The van der Waals surface area contributed by atoms with Gasteiger partial charge in [0.2, 0.25) is 5.12 Å². The van der Waals surface area contributed by atoms with Crippen LogP contribution in [0.25, 0.3) is 0 Å². The summed E-state index contributed by atoms with van der Waals surface area (Å²) in [5.74, 6) is 0.404. The summed E-state index contributed by atoms with van der Waals surface area (Å²) in [6.07, 6.45) is 1.35. The zero-order chi connectivity index (χ0) is 10.6. The highest BCUT2D eigenvalue weighted by Gasteiger charge is 2.27. The minimum absolute atomic E-state index is 0.0492. The predicted molar refractivity (Wildman–Crippen MR) is 52.9 cm³/mol. The number of thioether (sulfide) groups is 1. The van der Waals surface area contributed by atoms with Gasteiger partial charge in [0.15, 0.2) is 0 Å². The largest absolute Gasteiger partial charge is 0.513 e. The van der Waals surface area contributed by atoms with Crippen LogP contribution in [0.2, 0.25) is 0 Å². The molecule has 0 bridgehead atoms. The summed E-state index contributed by atoms with van der Waals surface area (Å²) in [5.41, 5.74) is 0. The van der Waals surface area contributed by atoms with Gasteiger partial charge in [0.25, 0.3) is 0 Å². The van der Waals surface area contributed by atoms with Crippen molar-refractivity contribution < 1.29 is 19.1 Å². The van der Waals surface area contributed by atoms with E-state index in [1.807, 2.05) is 6.92 Å². The molecule has 1 aliphatic rings. The minimum Gasteiger partial charge on any atom is -0.434 e. The summed E-state index contributed by atoms with van der Waals surface area (Å²) in [6.45, 7) is 3.89. The summed E-state index contributed by atoms with van der Waals surface area (Å²) in [7, 11) is 0. The molecular formula is C9H12O4S. The average molecular weight is 216 g/mol. The van der Waals surface area contributed by atoms with Crippen LogP contribution in [-0.2, 0) is 14.3 Å².